The van der Waals surface area contributed by atoms with Crippen LogP contribution in [0.4, 0.5) is 5.69 Å². The molecule has 5 heteroatoms. The number of anilines is 1. The summed E-state index contributed by atoms with van der Waals surface area (Å²) in [6, 6.07) is 5.47. The van der Waals surface area contributed by atoms with Crippen LogP contribution >= 0.6 is 27.5 Å². The van der Waals surface area contributed by atoms with Crippen molar-refractivity contribution in [2.24, 2.45) is 0 Å². The van der Waals surface area contributed by atoms with Crippen molar-refractivity contribution in [2.75, 3.05) is 26.0 Å². The smallest absolute Gasteiger partial charge is 0.241 e. The molecule has 0 spiro atoms. The maximum atomic E-state index is 11.3. The van der Waals surface area contributed by atoms with Crippen LogP contribution in [-0.2, 0) is 4.79 Å². The first-order valence-corrected chi connectivity index (χ1v) is 5.57. The summed E-state index contributed by atoms with van der Waals surface area (Å²) in [7, 11) is 3.44. The highest BCUT2D eigenvalue weighted by Crippen LogP contribution is 2.29. The van der Waals surface area contributed by atoms with Crippen LogP contribution in [0.2, 0.25) is 5.02 Å². The van der Waals surface area contributed by atoms with Gasteiger partial charge in [0.15, 0.2) is 0 Å². The number of nitrogens with one attached hydrogen (secondary N) is 1. The molecule has 3 nitrogen and oxygen atoms in total. The third-order valence-corrected chi connectivity index (χ3v) is 3.28. The van der Waals surface area contributed by atoms with Crippen LogP contribution in [-0.4, -0.2) is 31.4 Å². The number of hydrogen-bond acceptors (Lipinski definition) is 2. The fourth-order valence-corrected chi connectivity index (χ4v) is 1.55. The maximum absolute atomic E-state index is 11.3. The summed E-state index contributed by atoms with van der Waals surface area (Å²) < 4.78 is 0.776. The van der Waals surface area contributed by atoms with Crippen molar-refractivity contribution in [3.05, 3.63) is 27.7 Å². The second-order valence-corrected chi connectivity index (χ2v) is 4.44. The van der Waals surface area contributed by atoms with Crippen LogP contribution in [0.25, 0.3) is 0 Å². The van der Waals surface area contributed by atoms with Crippen molar-refractivity contribution in [1.82, 2.24) is 4.90 Å². The van der Waals surface area contributed by atoms with E-state index < -0.39 is 0 Å². The minimum Gasteiger partial charge on any atom is -0.375 e. The van der Waals surface area contributed by atoms with Gasteiger partial charge < -0.3 is 10.2 Å². The van der Waals surface area contributed by atoms with Gasteiger partial charge in [0, 0.05) is 14.1 Å². The summed E-state index contributed by atoms with van der Waals surface area (Å²) in [5.41, 5.74) is 0.817. The van der Waals surface area contributed by atoms with Crippen LogP contribution in [0.15, 0.2) is 22.7 Å². The molecule has 1 aromatic carbocycles. The van der Waals surface area contributed by atoms with Gasteiger partial charge in [0.1, 0.15) is 0 Å². The first-order valence-electron chi connectivity index (χ1n) is 4.40. The number of halogens is 2. The average Bonchev–Trinajstić information content (AvgIpc) is 2.19. The molecule has 1 amide bonds. The SMILES string of the molecule is CN(C)C(=O)CNc1cccc(Cl)c1Br. The molecular weight excluding hydrogens is 279 g/mol. The summed E-state index contributed by atoms with van der Waals surface area (Å²) in [5, 5.41) is 3.63. The van der Waals surface area contributed by atoms with E-state index in [1.165, 1.54) is 4.90 Å². The molecule has 0 heterocycles. The summed E-state index contributed by atoms with van der Waals surface area (Å²) in [5.74, 6) is 0.0156. The van der Waals surface area contributed by atoms with Gasteiger partial charge in [0.25, 0.3) is 0 Å². The standard InChI is InChI=1S/C10H12BrClN2O/c1-14(2)9(15)6-13-8-5-3-4-7(12)10(8)11/h3-5,13H,6H2,1-2H3. The Hall–Kier alpha value is -0.740. The Labute approximate surface area is 103 Å². The van der Waals surface area contributed by atoms with Crippen LogP contribution < -0.4 is 5.32 Å². The summed E-state index contributed by atoms with van der Waals surface area (Å²) >= 11 is 9.26. The molecule has 1 N–H and O–H groups in total. The number of hydrogen-bond donors (Lipinski definition) is 1. The highest BCUT2D eigenvalue weighted by Gasteiger charge is 2.06. The monoisotopic (exact) mass is 290 g/mol. The van der Waals surface area contributed by atoms with Gasteiger partial charge in [0.05, 0.1) is 21.7 Å². The molecular formula is C10H12BrClN2O. The second kappa shape index (κ2) is 5.37. The largest absolute Gasteiger partial charge is 0.375 e. The van der Waals surface area contributed by atoms with Gasteiger partial charge in [-0.2, -0.15) is 0 Å². The van der Waals surface area contributed by atoms with Crippen LogP contribution in [0, 0.1) is 0 Å². The number of carbonyl (C=O) groups is 1. The highest BCUT2D eigenvalue weighted by atomic mass is 79.9. The van der Waals surface area contributed by atoms with E-state index in [1.807, 2.05) is 12.1 Å². The van der Waals surface area contributed by atoms with Crippen molar-refractivity contribution in [2.45, 2.75) is 0 Å². The molecule has 15 heavy (non-hydrogen) atoms. The van der Waals surface area contributed by atoms with E-state index in [4.69, 9.17) is 11.6 Å². The summed E-state index contributed by atoms with van der Waals surface area (Å²) in [6.45, 7) is 0.256. The van der Waals surface area contributed by atoms with Crippen LogP contribution in [0.1, 0.15) is 0 Å². The van der Waals surface area contributed by atoms with Gasteiger partial charge in [-0.25, -0.2) is 0 Å². The van der Waals surface area contributed by atoms with E-state index in [0.717, 1.165) is 10.2 Å². The molecule has 0 aliphatic rings. The lowest BCUT2D eigenvalue weighted by Crippen LogP contribution is -2.28. The van der Waals surface area contributed by atoms with E-state index in [9.17, 15) is 4.79 Å². The lowest BCUT2D eigenvalue weighted by atomic mass is 10.3. The Morgan fingerprint density at radius 1 is 1.53 bits per heavy atom. The van der Waals surface area contributed by atoms with Gasteiger partial charge in [0.2, 0.25) is 5.91 Å². The molecule has 0 radical (unpaired) electrons. The Morgan fingerprint density at radius 2 is 2.20 bits per heavy atom. The van der Waals surface area contributed by atoms with Crippen LogP contribution in [0.5, 0.6) is 0 Å². The summed E-state index contributed by atoms with van der Waals surface area (Å²) in [4.78, 5) is 12.9. The Balaban J connectivity index is 2.66. The number of carbonyl (C=O) groups excluding carboxylic acids is 1. The number of benzene rings is 1. The van der Waals surface area contributed by atoms with Gasteiger partial charge >= 0.3 is 0 Å². The lowest BCUT2D eigenvalue weighted by molar-refractivity contribution is -0.126. The van der Waals surface area contributed by atoms with E-state index in [-0.39, 0.29) is 12.5 Å². The average molecular weight is 292 g/mol. The minimum atomic E-state index is 0.0156. The van der Waals surface area contributed by atoms with Gasteiger partial charge in [-0.3, -0.25) is 4.79 Å². The minimum absolute atomic E-state index is 0.0156. The number of amides is 1. The van der Waals surface area contributed by atoms with Crippen molar-refractivity contribution in [3.8, 4) is 0 Å². The third-order valence-electron chi connectivity index (χ3n) is 1.88. The van der Waals surface area contributed by atoms with Gasteiger partial charge in [-0.1, -0.05) is 17.7 Å². The third kappa shape index (κ3) is 3.39. The second-order valence-electron chi connectivity index (χ2n) is 3.24. The predicted molar refractivity (Wildman–Crippen MR) is 66.3 cm³/mol. The molecule has 0 unspecified atom stereocenters. The molecule has 0 fully saturated rings. The predicted octanol–water partition coefficient (Wildman–Crippen LogP) is 2.60. The molecule has 0 aliphatic carbocycles. The molecule has 1 rings (SSSR count). The highest BCUT2D eigenvalue weighted by molar-refractivity contribution is 9.10. The molecule has 0 saturated heterocycles. The van der Waals surface area contributed by atoms with Crippen molar-refractivity contribution < 1.29 is 4.79 Å². The number of nitrogens with zero attached hydrogens (tertiary/aromatic N) is 1. The fraction of sp³-hybridized carbons (Fsp3) is 0.300. The quantitative estimate of drug-likeness (QED) is 0.928. The van der Waals surface area contributed by atoms with Crippen molar-refractivity contribution >= 4 is 39.1 Å². The molecule has 82 valence electrons. The van der Waals surface area contributed by atoms with E-state index in [1.54, 1.807) is 20.2 Å². The molecule has 1 aromatic rings. The molecule has 0 saturated carbocycles. The zero-order chi connectivity index (χ0) is 11.4. The van der Waals surface area contributed by atoms with Crippen LogP contribution in [0.3, 0.4) is 0 Å². The van der Waals surface area contributed by atoms with Gasteiger partial charge in [-0.15, -0.1) is 0 Å². The van der Waals surface area contributed by atoms with E-state index in [2.05, 4.69) is 21.2 Å². The first kappa shape index (κ1) is 12.3. The van der Waals surface area contributed by atoms with Crippen molar-refractivity contribution in [1.29, 1.82) is 0 Å². The zero-order valence-electron chi connectivity index (χ0n) is 8.55. The fourth-order valence-electron chi connectivity index (χ4n) is 0.969. The summed E-state index contributed by atoms with van der Waals surface area (Å²) in [6.07, 6.45) is 0. The molecule has 0 aromatic heterocycles. The Kier molecular flexibility index (Phi) is 4.42. The lowest BCUT2D eigenvalue weighted by Gasteiger charge is -2.13. The van der Waals surface area contributed by atoms with Crippen molar-refractivity contribution in [3.63, 3.8) is 0 Å². The van der Waals surface area contributed by atoms with E-state index >= 15 is 0 Å². The number of rotatable bonds is 3. The Morgan fingerprint density at radius 3 is 2.80 bits per heavy atom. The normalized spacial score (nSPS) is 9.87. The Bertz CT molecular complexity index is 368. The topological polar surface area (TPSA) is 32.3 Å². The molecule has 0 aliphatic heterocycles. The van der Waals surface area contributed by atoms with Gasteiger partial charge in [-0.05, 0) is 28.1 Å². The van der Waals surface area contributed by atoms with E-state index in [0.29, 0.717) is 5.02 Å². The molecule has 0 bridgehead atoms. The molecule has 0 atom stereocenters. The number of likely N-dealkylation sites (N-methyl/N-ethyl adjacent to an activating group) is 1. The zero-order valence-corrected chi connectivity index (χ0v) is 10.9. The first-order chi connectivity index (χ1) is 7.02. The maximum Gasteiger partial charge on any atom is 0.241 e.